The van der Waals surface area contributed by atoms with Crippen LogP contribution in [0.25, 0.3) is 0 Å². The van der Waals surface area contributed by atoms with Crippen LogP contribution in [0, 0.1) is 0 Å². The zero-order valence-corrected chi connectivity index (χ0v) is 11.7. The minimum Gasteiger partial charge on any atom is -0.481 e. The Morgan fingerprint density at radius 2 is 1.74 bits per heavy atom. The van der Waals surface area contributed by atoms with Crippen LogP contribution >= 0.6 is 23.4 Å². The van der Waals surface area contributed by atoms with Gasteiger partial charge in [-0.15, -0.1) is 11.8 Å². The van der Waals surface area contributed by atoms with Gasteiger partial charge in [0.15, 0.2) is 0 Å². The van der Waals surface area contributed by atoms with Crippen molar-refractivity contribution in [2.24, 2.45) is 0 Å². The molecule has 2 aromatic rings. The summed E-state index contributed by atoms with van der Waals surface area (Å²) in [5.74, 6) is -0.796. The first-order valence-electron chi connectivity index (χ1n) is 5.84. The third-order valence-electron chi connectivity index (χ3n) is 2.62. The summed E-state index contributed by atoms with van der Waals surface area (Å²) in [5, 5.41) is 9.62. The van der Waals surface area contributed by atoms with E-state index in [1.807, 2.05) is 54.6 Å². The minimum atomic E-state index is -0.796. The molecule has 0 aliphatic carbocycles. The minimum absolute atomic E-state index is 0.0946. The summed E-state index contributed by atoms with van der Waals surface area (Å²) in [5.41, 5.74) is 1.02. The Morgan fingerprint density at radius 3 is 2.32 bits per heavy atom. The fraction of sp³-hybridized carbons (Fsp3) is 0.133. The Morgan fingerprint density at radius 1 is 1.11 bits per heavy atom. The third kappa shape index (κ3) is 4.30. The first-order chi connectivity index (χ1) is 9.15. The topological polar surface area (TPSA) is 37.3 Å². The van der Waals surface area contributed by atoms with Crippen LogP contribution in [0.2, 0.25) is 5.02 Å². The second-order valence-corrected chi connectivity index (χ2v) is 5.78. The molecular weight excluding hydrogens is 280 g/mol. The van der Waals surface area contributed by atoms with Crippen molar-refractivity contribution in [1.29, 1.82) is 0 Å². The number of rotatable bonds is 5. The van der Waals surface area contributed by atoms with E-state index in [2.05, 4.69) is 0 Å². The van der Waals surface area contributed by atoms with Gasteiger partial charge in [0.2, 0.25) is 0 Å². The molecule has 0 saturated heterocycles. The second-order valence-electron chi connectivity index (χ2n) is 4.07. The number of carboxylic acid groups (broad SMARTS) is 1. The molecular formula is C15H13ClO2S. The highest BCUT2D eigenvalue weighted by Crippen LogP contribution is 2.37. The Labute approximate surface area is 121 Å². The van der Waals surface area contributed by atoms with Gasteiger partial charge in [0, 0.05) is 15.2 Å². The lowest BCUT2D eigenvalue weighted by Gasteiger charge is -2.15. The number of halogens is 1. The molecule has 2 rings (SSSR count). The normalized spacial score (nSPS) is 12.1. The molecule has 0 aliphatic rings. The Balaban J connectivity index is 2.19. The molecule has 2 nitrogen and oxygen atoms in total. The number of thioether (sulfide) groups is 1. The Kier molecular flexibility index (Phi) is 4.88. The number of aliphatic carboxylic acids is 1. The molecule has 0 spiro atoms. The fourth-order valence-electron chi connectivity index (χ4n) is 1.73. The molecule has 98 valence electrons. The van der Waals surface area contributed by atoms with Crippen LogP contribution in [0.5, 0.6) is 0 Å². The zero-order valence-electron chi connectivity index (χ0n) is 10.1. The maximum atomic E-state index is 11.0. The molecule has 19 heavy (non-hydrogen) atoms. The smallest absolute Gasteiger partial charge is 0.304 e. The SMILES string of the molecule is O=C(O)CC(Sc1ccc(Cl)cc1)c1ccccc1. The van der Waals surface area contributed by atoms with Gasteiger partial charge in [0.05, 0.1) is 6.42 Å². The van der Waals surface area contributed by atoms with Gasteiger partial charge >= 0.3 is 5.97 Å². The highest BCUT2D eigenvalue weighted by molar-refractivity contribution is 7.99. The lowest BCUT2D eigenvalue weighted by Crippen LogP contribution is -2.03. The van der Waals surface area contributed by atoms with Gasteiger partial charge in [-0.2, -0.15) is 0 Å². The summed E-state index contributed by atoms with van der Waals surface area (Å²) in [7, 11) is 0. The van der Waals surface area contributed by atoms with E-state index >= 15 is 0 Å². The van der Waals surface area contributed by atoms with Gasteiger partial charge in [-0.1, -0.05) is 41.9 Å². The zero-order chi connectivity index (χ0) is 13.7. The van der Waals surface area contributed by atoms with Crippen LogP contribution in [-0.2, 0) is 4.79 Å². The van der Waals surface area contributed by atoms with E-state index in [0.29, 0.717) is 5.02 Å². The molecule has 0 radical (unpaired) electrons. The molecule has 0 saturated carbocycles. The van der Waals surface area contributed by atoms with Crippen LogP contribution in [0.4, 0.5) is 0 Å². The van der Waals surface area contributed by atoms with Gasteiger partial charge < -0.3 is 5.11 Å². The molecule has 4 heteroatoms. The third-order valence-corrected chi connectivity index (χ3v) is 4.14. The van der Waals surface area contributed by atoms with Crippen molar-refractivity contribution in [3.05, 3.63) is 65.2 Å². The van der Waals surface area contributed by atoms with E-state index in [-0.39, 0.29) is 11.7 Å². The number of carboxylic acids is 1. The van der Waals surface area contributed by atoms with E-state index in [4.69, 9.17) is 16.7 Å². The van der Waals surface area contributed by atoms with Crippen molar-refractivity contribution in [2.75, 3.05) is 0 Å². The van der Waals surface area contributed by atoms with E-state index in [1.165, 1.54) is 11.8 Å². The highest BCUT2D eigenvalue weighted by atomic mass is 35.5. The second kappa shape index (κ2) is 6.64. The average Bonchev–Trinajstić information content (AvgIpc) is 2.41. The Hall–Kier alpha value is -1.45. The summed E-state index contributed by atoms with van der Waals surface area (Å²) < 4.78 is 0. The highest BCUT2D eigenvalue weighted by Gasteiger charge is 2.16. The summed E-state index contributed by atoms with van der Waals surface area (Å²) >= 11 is 7.39. The van der Waals surface area contributed by atoms with Crippen LogP contribution in [-0.4, -0.2) is 11.1 Å². The molecule has 1 unspecified atom stereocenters. The van der Waals surface area contributed by atoms with E-state index < -0.39 is 5.97 Å². The average molecular weight is 293 g/mol. The van der Waals surface area contributed by atoms with Crippen LogP contribution < -0.4 is 0 Å². The standard InChI is InChI=1S/C15H13ClO2S/c16-12-6-8-13(9-7-12)19-14(10-15(17)18)11-4-2-1-3-5-11/h1-9,14H,10H2,(H,17,18). The molecule has 0 heterocycles. The van der Waals surface area contributed by atoms with Crippen LogP contribution in [0.3, 0.4) is 0 Å². The molecule has 0 amide bonds. The first-order valence-corrected chi connectivity index (χ1v) is 7.10. The van der Waals surface area contributed by atoms with Crippen molar-refractivity contribution in [3.63, 3.8) is 0 Å². The molecule has 0 bridgehead atoms. The molecule has 2 aromatic carbocycles. The summed E-state index contributed by atoms with van der Waals surface area (Å²) in [6, 6.07) is 17.1. The van der Waals surface area contributed by atoms with Gasteiger partial charge in [-0.3, -0.25) is 4.79 Å². The Bertz CT molecular complexity index is 540. The molecule has 1 atom stereocenters. The lowest BCUT2D eigenvalue weighted by atomic mass is 10.1. The van der Waals surface area contributed by atoms with Gasteiger partial charge in [-0.05, 0) is 29.8 Å². The van der Waals surface area contributed by atoms with Crippen molar-refractivity contribution >= 4 is 29.3 Å². The van der Waals surface area contributed by atoms with Gasteiger partial charge in [-0.25, -0.2) is 0 Å². The van der Waals surface area contributed by atoms with Crippen LogP contribution in [0.1, 0.15) is 17.2 Å². The number of carbonyl (C=O) groups is 1. The molecule has 1 N–H and O–H groups in total. The van der Waals surface area contributed by atoms with E-state index in [1.54, 1.807) is 0 Å². The largest absolute Gasteiger partial charge is 0.481 e. The maximum Gasteiger partial charge on any atom is 0.304 e. The van der Waals surface area contributed by atoms with Crippen molar-refractivity contribution in [3.8, 4) is 0 Å². The molecule has 0 aromatic heterocycles. The van der Waals surface area contributed by atoms with Crippen molar-refractivity contribution < 1.29 is 9.90 Å². The predicted octanol–water partition coefficient (Wildman–Crippen LogP) is 4.65. The quantitative estimate of drug-likeness (QED) is 0.815. The maximum absolute atomic E-state index is 11.0. The van der Waals surface area contributed by atoms with Gasteiger partial charge in [0.25, 0.3) is 0 Å². The molecule has 0 fully saturated rings. The van der Waals surface area contributed by atoms with E-state index in [0.717, 1.165) is 10.5 Å². The summed E-state index contributed by atoms with van der Waals surface area (Å²) in [6.45, 7) is 0. The molecule has 0 aliphatic heterocycles. The van der Waals surface area contributed by atoms with Crippen LogP contribution in [0.15, 0.2) is 59.5 Å². The lowest BCUT2D eigenvalue weighted by molar-refractivity contribution is -0.137. The summed E-state index contributed by atoms with van der Waals surface area (Å²) in [4.78, 5) is 12.0. The van der Waals surface area contributed by atoms with E-state index in [9.17, 15) is 4.79 Å². The van der Waals surface area contributed by atoms with Crippen molar-refractivity contribution in [2.45, 2.75) is 16.6 Å². The monoisotopic (exact) mass is 292 g/mol. The number of hydrogen-bond donors (Lipinski definition) is 1. The number of hydrogen-bond acceptors (Lipinski definition) is 2. The van der Waals surface area contributed by atoms with Crippen molar-refractivity contribution in [1.82, 2.24) is 0 Å². The van der Waals surface area contributed by atoms with Gasteiger partial charge in [0.1, 0.15) is 0 Å². The predicted molar refractivity (Wildman–Crippen MR) is 78.7 cm³/mol. The fourth-order valence-corrected chi connectivity index (χ4v) is 3.00. The number of benzene rings is 2. The summed E-state index contributed by atoms with van der Waals surface area (Å²) in [6.07, 6.45) is 0.0946. The first kappa shape index (κ1) is 14.0.